The van der Waals surface area contributed by atoms with Crippen LogP contribution in [0.4, 0.5) is 5.69 Å². The molecule has 1 aliphatic heterocycles. The highest BCUT2D eigenvalue weighted by molar-refractivity contribution is 7.79. The molecule has 0 saturated carbocycles. The van der Waals surface area contributed by atoms with E-state index in [-0.39, 0.29) is 18.4 Å². The van der Waals surface area contributed by atoms with E-state index >= 15 is 0 Å². The Hall–Kier alpha value is -2.09. The van der Waals surface area contributed by atoms with Gasteiger partial charge in [-0.25, -0.2) is 4.21 Å². The molecule has 0 fully saturated rings. The lowest BCUT2D eigenvalue weighted by Crippen LogP contribution is -2.18. The third-order valence-electron chi connectivity index (χ3n) is 4.88. The van der Waals surface area contributed by atoms with E-state index in [9.17, 15) is 9.00 Å². The number of rotatable bonds is 6. The third kappa shape index (κ3) is 4.61. The average Bonchev–Trinajstić information content (AvgIpc) is 3.05. The molecule has 1 aliphatic rings. The maximum absolute atomic E-state index is 12.3. The van der Waals surface area contributed by atoms with Gasteiger partial charge in [0.15, 0.2) is 11.1 Å². The normalized spacial score (nSPS) is 18.2. The van der Waals surface area contributed by atoms with Crippen molar-refractivity contribution in [3.8, 4) is 0 Å². The molecular formula is C20H25N3O3S. The molecule has 2 aromatic rings. The van der Waals surface area contributed by atoms with E-state index in [0.717, 1.165) is 28.9 Å². The standard InChI is InChI=1S/C20H25N3O3S/c1-12(2)19-20-16(10-21-19)9-17(11-22-20)23-18(24)8-14-4-6-15(7-5-14)13(3)27(25)26/h4-7,9,11-13,19,21H,8,10H2,1-3H3,(H,23,24)(H,25,26)/t13-,19-/m0/s1. The number of carbonyl (C=O) groups is 1. The molecule has 27 heavy (non-hydrogen) atoms. The van der Waals surface area contributed by atoms with Crippen molar-refractivity contribution in [2.45, 2.75) is 45.0 Å². The zero-order chi connectivity index (χ0) is 19.6. The van der Waals surface area contributed by atoms with Crippen molar-refractivity contribution in [1.29, 1.82) is 0 Å². The smallest absolute Gasteiger partial charge is 0.228 e. The maximum atomic E-state index is 12.3. The monoisotopic (exact) mass is 387 g/mol. The summed E-state index contributed by atoms with van der Waals surface area (Å²) in [4.78, 5) is 16.9. The number of pyridine rings is 1. The van der Waals surface area contributed by atoms with Gasteiger partial charge in [0, 0.05) is 6.54 Å². The van der Waals surface area contributed by atoms with Crippen LogP contribution in [0.25, 0.3) is 0 Å². The molecule has 3 N–H and O–H groups in total. The Balaban J connectivity index is 1.62. The topological polar surface area (TPSA) is 91.3 Å². The van der Waals surface area contributed by atoms with E-state index in [1.807, 2.05) is 18.2 Å². The van der Waals surface area contributed by atoms with Crippen molar-refractivity contribution in [3.63, 3.8) is 0 Å². The van der Waals surface area contributed by atoms with Crippen LogP contribution in [0, 0.1) is 5.92 Å². The number of fused-ring (bicyclic) bond motifs is 1. The SMILES string of the molecule is CC(C)[C@@H]1NCc2cc(NC(=O)Cc3ccc([C@H](C)S(=O)O)cc3)cnc21. The Labute approximate surface area is 162 Å². The van der Waals surface area contributed by atoms with Crippen LogP contribution in [0.3, 0.4) is 0 Å². The maximum Gasteiger partial charge on any atom is 0.228 e. The lowest BCUT2D eigenvalue weighted by molar-refractivity contribution is -0.115. The van der Waals surface area contributed by atoms with E-state index < -0.39 is 16.3 Å². The Bertz CT molecular complexity index is 852. The van der Waals surface area contributed by atoms with Gasteiger partial charge in [-0.2, -0.15) is 0 Å². The molecule has 0 spiro atoms. The molecule has 7 heteroatoms. The van der Waals surface area contributed by atoms with E-state index in [2.05, 4.69) is 29.5 Å². The minimum absolute atomic E-state index is 0.116. The third-order valence-corrected chi connectivity index (χ3v) is 5.75. The van der Waals surface area contributed by atoms with Crippen LogP contribution < -0.4 is 10.6 Å². The Kier molecular flexibility index (Phi) is 6.04. The number of aromatic nitrogens is 1. The van der Waals surface area contributed by atoms with Crippen LogP contribution >= 0.6 is 0 Å². The van der Waals surface area contributed by atoms with Crippen LogP contribution in [0.5, 0.6) is 0 Å². The van der Waals surface area contributed by atoms with Crippen molar-refractivity contribution in [2.75, 3.05) is 5.32 Å². The first kappa shape index (κ1) is 19.7. The van der Waals surface area contributed by atoms with Crippen LogP contribution in [0.1, 0.15) is 54.4 Å². The number of nitrogens with zero attached hydrogens (tertiary/aromatic N) is 1. The molecule has 1 amide bonds. The summed E-state index contributed by atoms with van der Waals surface area (Å²) in [6.45, 7) is 6.78. The lowest BCUT2D eigenvalue weighted by atomic mass is 10.0. The molecule has 0 radical (unpaired) electrons. The molecule has 1 aromatic carbocycles. The Morgan fingerprint density at radius 2 is 2.04 bits per heavy atom. The van der Waals surface area contributed by atoms with Gasteiger partial charge in [-0.05, 0) is 35.6 Å². The van der Waals surface area contributed by atoms with Crippen molar-refractivity contribution in [2.24, 2.45) is 5.92 Å². The van der Waals surface area contributed by atoms with Crippen LogP contribution in [0.2, 0.25) is 0 Å². The van der Waals surface area contributed by atoms with Crippen molar-refractivity contribution in [3.05, 3.63) is 58.9 Å². The number of carbonyl (C=O) groups excluding carboxylic acids is 1. The number of amides is 1. The molecule has 3 rings (SSSR count). The number of hydrogen-bond acceptors (Lipinski definition) is 4. The van der Waals surface area contributed by atoms with Gasteiger partial charge in [0.1, 0.15) is 0 Å². The minimum Gasteiger partial charge on any atom is -0.324 e. The molecule has 6 nitrogen and oxygen atoms in total. The summed E-state index contributed by atoms with van der Waals surface area (Å²) in [5, 5.41) is 5.90. The van der Waals surface area contributed by atoms with E-state index in [1.54, 1.807) is 25.3 Å². The summed E-state index contributed by atoms with van der Waals surface area (Å²) < 4.78 is 20.3. The highest BCUT2D eigenvalue weighted by Gasteiger charge is 2.26. The number of benzene rings is 1. The summed E-state index contributed by atoms with van der Waals surface area (Å²) in [6, 6.07) is 9.45. The van der Waals surface area contributed by atoms with Crippen molar-refractivity contribution in [1.82, 2.24) is 10.3 Å². The fourth-order valence-electron chi connectivity index (χ4n) is 3.29. The van der Waals surface area contributed by atoms with Gasteiger partial charge in [0.2, 0.25) is 5.91 Å². The summed E-state index contributed by atoms with van der Waals surface area (Å²) in [5.74, 6) is 0.350. The van der Waals surface area contributed by atoms with Crippen molar-refractivity contribution < 1.29 is 13.6 Å². The second-order valence-corrected chi connectivity index (χ2v) is 8.52. The summed E-state index contributed by atoms with van der Waals surface area (Å²) >= 11 is -1.90. The molecular weight excluding hydrogens is 362 g/mol. The molecule has 1 unspecified atom stereocenters. The van der Waals surface area contributed by atoms with Gasteiger partial charge in [-0.1, -0.05) is 38.1 Å². The highest BCUT2D eigenvalue weighted by Crippen LogP contribution is 2.30. The predicted molar refractivity (Wildman–Crippen MR) is 107 cm³/mol. The molecule has 2 heterocycles. The van der Waals surface area contributed by atoms with Crippen LogP contribution in [-0.2, 0) is 28.8 Å². The first-order valence-corrected chi connectivity index (χ1v) is 10.2. The first-order valence-electron chi connectivity index (χ1n) is 9.05. The molecule has 0 bridgehead atoms. The molecule has 144 valence electrons. The molecule has 0 aliphatic carbocycles. The van der Waals surface area contributed by atoms with Gasteiger partial charge in [0.05, 0.1) is 35.3 Å². The first-order chi connectivity index (χ1) is 12.8. The van der Waals surface area contributed by atoms with Gasteiger partial charge < -0.3 is 15.2 Å². The van der Waals surface area contributed by atoms with Crippen molar-refractivity contribution >= 4 is 22.7 Å². The Morgan fingerprint density at radius 1 is 1.33 bits per heavy atom. The van der Waals surface area contributed by atoms with Crippen LogP contribution in [-0.4, -0.2) is 19.7 Å². The van der Waals surface area contributed by atoms with Gasteiger partial charge in [0.25, 0.3) is 0 Å². The van der Waals surface area contributed by atoms with E-state index in [0.29, 0.717) is 11.6 Å². The second-order valence-electron chi connectivity index (χ2n) is 7.26. The average molecular weight is 388 g/mol. The van der Waals surface area contributed by atoms with Gasteiger partial charge in [-0.3, -0.25) is 9.78 Å². The summed E-state index contributed by atoms with van der Waals surface area (Å²) in [5.41, 5.74) is 4.51. The second kappa shape index (κ2) is 8.29. The van der Waals surface area contributed by atoms with E-state index in [1.165, 1.54) is 0 Å². The van der Waals surface area contributed by atoms with E-state index in [4.69, 9.17) is 4.55 Å². The molecule has 3 atom stereocenters. The summed E-state index contributed by atoms with van der Waals surface area (Å²) in [7, 11) is 0. The quantitative estimate of drug-likeness (QED) is 0.661. The fourth-order valence-corrected chi connectivity index (χ4v) is 3.68. The Morgan fingerprint density at radius 3 is 2.67 bits per heavy atom. The number of nitrogens with one attached hydrogen (secondary N) is 2. The molecule has 0 saturated heterocycles. The van der Waals surface area contributed by atoms with Gasteiger partial charge >= 0.3 is 0 Å². The number of hydrogen-bond donors (Lipinski definition) is 3. The largest absolute Gasteiger partial charge is 0.324 e. The summed E-state index contributed by atoms with van der Waals surface area (Å²) in [6.07, 6.45) is 1.95. The fraction of sp³-hybridized carbons (Fsp3) is 0.400. The minimum atomic E-state index is -1.90. The number of anilines is 1. The van der Waals surface area contributed by atoms with Gasteiger partial charge in [-0.15, -0.1) is 0 Å². The zero-order valence-corrected chi connectivity index (χ0v) is 16.5. The zero-order valence-electron chi connectivity index (χ0n) is 15.7. The van der Waals surface area contributed by atoms with Crippen LogP contribution in [0.15, 0.2) is 36.5 Å². The molecule has 1 aromatic heterocycles. The lowest BCUT2D eigenvalue weighted by Gasteiger charge is -2.15. The predicted octanol–water partition coefficient (Wildman–Crippen LogP) is 3.35. The highest BCUT2D eigenvalue weighted by atomic mass is 32.2.